The van der Waals surface area contributed by atoms with Gasteiger partial charge in [0, 0.05) is 45.8 Å². The Labute approximate surface area is 175 Å². The molecule has 0 radical (unpaired) electrons. The molecule has 5 aromatic rings. The topological polar surface area (TPSA) is 20.5 Å². The SMILES string of the molecule is CCN1C(c2ccc3c(c2)c2ccccc2n3CC)=Nc2cccc3cccc1c23. The monoisotopic (exact) mass is 389 g/mol. The smallest absolute Gasteiger partial charge is 0.141 e. The fourth-order valence-corrected chi connectivity index (χ4v) is 4.98. The molecule has 6 rings (SSSR count). The minimum absolute atomic E-state index is 0.876. The van der Waals surface area contributed by atoms with E-state index < -0.39 is 0 Å². The van der Waals surface area contributed by atoms with E-state index in [0.717, 1.165) is 30.2 Å². The molecule has 0 bridgehead atoms. The molecule has 0 atom stereocenters. The Morgan fingerprint density at radius 2 is 1.53 bits per heavy atom. The minimum Gasteiger partial charge on any atom is -0.341 e. The van der Waals surface area contributed by atoms with Crippen LogP contribution in [0.3, 0.4) is 0 Å². The third kappa shape index (κ3) is 2.29. The number of hydrogen-bond donors (Lipinski definition) is 0. The van der Waals surface area contributed by atoms with Gasteiger partial charge in [0.05, 0.1) is 11.4 Å². The standard InChI is InChI=1S/C27H23N3/c1-3-29-23-13-6-5-11-20(23)21-17-19(15-16-24(21)29)27-28-22-12-7-9-18-10-8-14-25(26(18)22)30(27)4-2/h5-17H,3-4H2,1-2H3. The lowest BCUT2D eigenvalue weighted by Crippen LogP contribution is -2.33. The van der Waals surface area contributed by atoms with Crippen molar-refractivity contribution >= 4 is 49.8 Å². The average molecular weight is 390 g/mol. The van der Waals surface area contributed by atoms with E-state index in [9.17, 15) is 0 Å². The van der Waals surface area contributed by atoms with Crippen molar-refractivity contribution in [3.05, 3.63) is 84.4 Å². The summed E-state index contributed by atoms with van der Waals surface area (Å²) in [6.07, 6.45) is 0. The quantitative estimate of drug-likeness (QED) is 0.329. The molecule has 146 valence electrons. The summed E-state index contributed by atoms with van der Waals surface area (Å²) >= 11 is 0. The molecule has 1 aliphatic rings. The minimum atomic E-state index is 0.876. The maximum atomic E-state index is 5.14. The first-order valence-corrected chi connectivity index (χ1v) is 10.7. The van der Waals surface area contributed by atoms with Gasteiger partial charge in [0.2, 0.25) is 0 Å². The van der Waals surface area contributed by atoms with Gasteiger partial charge in [-0.15, -0.1) is 0 Å². The molecular formula is C27H23N3. The number of aliphatic imine (C=N–C) groups is 1. The van der Waals surface area contributed by atoms with E-state index in [2.05, 4.69) is 102 Å². The zero-order valence-corrected chi connectivity index (χ0v) is 17.3. The Morgan fingerprint density at radius 3 is 2.37 bits per heavy atom. The predicted molar refractivity (Wildman–Crippen MR) is 128 cm³/mol. The van der Waals surface area contributed by atoms with Crippen LogP contribution in [0.15, 0.2) is 83.9 Å². The summed E-state index contributed by atoms with van der Waals surface area (Å²) in [5, 5.41) is 5.08. The van der Waals surface area contributed by atoms with Crippen molar-refractivity contribution in [2.24, 2.45) is 4.99 Å². The van der Waals surface area contributed by atoms with Gasteiger partial charge in [-0.2, -0.15) is 0 Å². The van der Waals surface area contributed by atoms with Gasteiger partial charge in [0.25, 0.3) is 0 Å². The number of rotatable bonds is 3. The number of nitrogens with zero attached hydrogens (tertiary/aromatic N) is 3. The molecule has 0 saturated carbocycles. The number of benzene rings is 4. The first kappa shape index (κ1) is 17.3. The molecule has 0 saturated heterocycles. The highest BCUT2D eigenvalue weighted by atomic mass is 15.2. The summed E-state index contributed by atoms with van der Waals surface area (Å²) in [6.45, 7) is 6.24. The highest BCUT2D eigenvalue weighted by Crippen LogP contribution is 2.40. The van der Waals surface area contributed by atoms with Crippen LogP contribution < -0.4 is 4.90 Å². The molecule has 0 spiro atoms. The maximum Gasteiger partial charge on any atom is 0.141 e. The number of fused-ring (bicyclic) bond motifs is 3. The second-order valence-corrected chi connectivity index (χ2v) is 7.83. The van der Waals surface area contributed by atoms with E-state index in [1.807, 2.05) is 0 Å². The van der Waals surface area contributed by atoms with Gasteiger partial charge in [-0.25, -0.2) is 4.99 Å². The van der Waals surface area contributed by atoms with Crippen LogP contribution in [0.25, 0.3) is 32.6 Å². The third-order valence-electron chi connectivity index (χ3n) is 6.30. The number of aromatic nitrogens is 1. The molecule has 0 fully saturated rings. The van der Waals surface area contributed by atoms with Crippen LogP contribution in [0.1, 0.15) is 19.4 Å². The molecule has 1 aromatic heterocycles. The summed E-state index contributed by atoms with van der Waals surface area (Å²) < 4.78 is 2.39. The lowest BCUT2D eigenvalue weighted by molar-refractivity contribution is 0.827. The second kappa shape index (κ2) is 6.46. The lowest BCUT2D eigenvalue weighted by atomic mass is 10.0. The summed E-state index contributed by atoms with van der Waals surface area (Å²) in [6, 6.07) is 28.4. The van der Waals surface area contributed by atoms with Crippen LogP contribution in [0, 0.1) is 0 Å². The number of anilines is 1. The number of amidine groups is 1. The fraction of sp³-hybridized carbons (Fsp3) is 0.148. The highest BCUT2D eigenvalue weighted by molar-refractivity contribution is 6.21. The van der Waals surface area contributed by atoms with Crippen LogP contribution in [0.2, 0.25) is 0 Å². The van der Waals surface area contributed by atoms with E-state index in [1.54, 1.807) is 0 Å². The molecule has 3 heteroatoms. The van der Waals surface area contributed by atoms with Crippen LogP contribution in [0.5, 0.6) is 0 Å². The predicted octanol–water partition coefficient (Wildman–Crippen LogP) is 6.89. The zero-order valence-electron chi connectivity index (χ0n) is 17.3. The van der Waals surface area contributed by atoms with Gasteiger partial charge >= 0.3 is 0 Å². The van der Waals surface area contributed by atoms with Crippen molar-refractivity contribution in [1.29, 1.82) is 0 Å². The van der Waals surface area contributed by atoms with E-state index >= 15 is 0 Å². The molecule has 1 aliphatic heterocycles. The Balaban J connectivity index is 1.62. The van der Waals surface area contributed by atoms with E-state index in [-0.39, 0.29) is 0 Å². The van der Waals surface area contributed by atoms with Crippen molar-refractivity contribution in [2.75, 3.05) is 11.4 Å². The first-order chi connectivity index (χ1) is 14.8. The maximum absolute atomic E-state index is 5.14. The van der Waals surface area contributed by atoms with E-state index in [4.69, 9.17) is 4.99 Å². The number of aryl methyl sites for hydroxylation is 1. The summed E-state index contributed by atoms with van der Waals surface area (Å²) in [4.78, 5) is 7.48. The molecule has 0 amide bonds. The number of para-hydroxylation sites is 1. The van der Waals surface area contributed by atoms with Gasteiger partial charge in [0.1, 0.15) is 5.84 Å². The van der Waals surface area contributed by atoms with Crippen molar-refractivity contribution in [3.63, 3.8) is 0 Å². The highest BCUT2D eigenvalue weighted by Gasteiger charge is 2.23. The summed E-state index contributed by atoms with van der Waals surface area (Å²) in [5.74, 6) is 1.03. The number of hydrogen-bond acceptors (Lipinski definition) is 2. The van der Waals surface area contributed by atoms with Crippen molar-refractivity contribution < 1.29 is 0 Å². The Morgan fingerprint density at radius 1 is 0.733 bits per heavy atom. The van der Waals surface area contributed by atoms with Crippen LogP contribution in [-0.4, -0.2) is 16.9 Å². The molecule has 30 heavy (non-hydrogen) atoms. The summed E-state index contributed by atoms with van der Waals surface area (Å²) in [7, 11) is 0. The van der Waals surface area contributed by atoms with Crippen LogP contribution in [0.4, 0.5) is 11.4 Å². The third-order valence-corrected chi connectivity index (χ3v) is 6.30. The average Bonchev–Trinajstić information content (AvgIpc) is 3.12. The van der Waals surface area contributed by atoms with Crippen molar-refractivity contribution in [1.82, 2.24) is 4.57 Å². The van der Waals surface area contributed by atoms with E-state index in [0.29, 0.717) is 0 Å². The Bertz CT molecular complexity index is 1470. The van der Waals surface area contributed by atoms with Gasteiger partial charge in [-0.3, -0.25) is 0 Å². The molecular weight excluding hydrogens is 366 g/mol. The fourth-order valence-electron chi connectivity index (χ4n) is 4.98. The van der Waals surface area contributed by atoms with Gasteiger partial charge < -0.3 is 9.47 Å². The normalized spacial score (nSPS) is 13.4. The van der Waals surface area contributed by atoms with Crippen LogP contribution >= 0.6 is 0 Å². The first-order valence-electron chi connectivity index (χ1n) is 10.7. The molecule has 3 nitrogen and oxygen atoms in total. The summed E-state index contributed by atoms with van der Waals surface area (Å²) in [5.41, 5.74) is 6.03. The van der Waals surface area contributed by atoms with Crippen molar-refractivity contribution in [3.8, 4) is 0 Å². The van der Waals surface area contributed by atoms with Gasteiger partial charge in [-0.05, 0) is 55.6 Å². The van der Waals surface area contributed by atoms with E-state index in [1.165, 1.54) is 38.3 Å². The molecule has 2 heterocycles. The Hall–Kier alpha value is -3.59. The zero-order chi connectivity index (χ0) is 20.2. The second-order valence-electron chi connectivity index (χ2n) is 7.83. The molecule has 4 aromatic carbocycles. The Kier molecular flexibility index (Phi) is 3.72. The van der Waals surface area contributed by atoms with Gasteiger partial charge in [-0.1, -0.05) is 42.5 Å². The largest absolute Gasteiger partial charge is 0.341 e. The molecule has 0 N–H and O–H groups in total. The van der Waals surface area contributed by atoms with Gasteiger partial charge in [0.15, 0.2) is 0 Å². The lowest BCUT2D eigenvalue weighted by Gasteiger charge is -2.30. The molecule has 0 aliphatic carbocycles. The van der Waals surface area contributed by atoms with Crippen molar-refractivity contribution in [2.45, 2.75) is 20.4 Å². The van der Waals surface area contributed by atoms with Crippen LogP contribution in [-0.2, 0) is 6.54 Å². The molecule has 0 unspecified atom stereocenters.